The molecule has 0 amide bonds. The van der Waals surface area contributed by atoms with Gasteiger partial charge in [-0.15, -0.1) is 0 Å². The molecule has 1 spiro atoms. The van der Waals surface area contributed by atoms with Crippen molar-refractivity contribution in [2.45, 2.75) is 31.2 Å². The summed E-state index contributed by atoms with van der Waals surface area (Å²) in [6.07, 6.45) is 5.36. The van der Waals surface area contributed by atoms with Crippen LogP contribution in [0.3, 0.4) is 0 Å². The first-order chi connectivity index (χ1) is 12.3. The van der Waals surface area contributed by atoms with Gasteiger partial charge in [0.05, 0.1) is 38.6 Å². The molecule has 132 valence electrons. The fraction of sp³-hybridized carbons (Fsp3) is 0.500. The number of hydrogen-bond acceptors (Lipinski definition) is 7. The zero-order chi connectivity index (χ0) is 17.1. The van der Waals surface area contributed by atoms with Gasteiger partial charge in [-0.3, -0.25) is 4.98 Å². The Balaban J connectivity index is 1.33. The average molecular weight is 342 g/mol. The van der Waals surface area contributed by atoms with Crippen LogP contribution in [0.4, 0.5) is 5.82 Å². The molecule has 2 aliphatic rings. The molecule has 0 radical (unpaired) electrons. The van der Waals surface area contributed by atoms with Crippen molar-refractivity contribution in [3.8, 4) is 5.88 Å². The molecule has 0 bridgehead atoms. The van der Waals surface area contributed by atoms with E-state index in [0.717, 1.165) is 44.0 Å². The first-order valence-electron chi connectivity index (χ1n) is 8.53. The molecule has 2 aromatic rings. The monoisotopic (exact) mass is 342 g/mol. The van der Waals surface area contributed by atoms with Crippen LogP contribution < -0.4 is 9.64 Å². The van der Waals surface area contributed by atoms with Crippen LogP contribution in [0.25, 0.3) is 0 Å². The van der Waals surface area contributed by atoms with Gasteiger partial charge < -0.3 is 19.1 Å². The normalized spacial score (nSPS) is 21.8. The van der Waals surface area contributed by atoms with Gasteiger partial charge in [-0.2, -0.15) is 0 Å². The summed E-state index contributed by atoms with van der Waals surface area (Å²) in [6, 6.07) is 7.74. The molecular weight excluding hydrogens is 320 g/mol. The lowest BCUT2D eigenvalue weighted by atomic mass is 9.84. The fourth-order valence-electron chi connectivity index (χ4n) is 3.46. The molecule has 4 heterocycles. The van der Waals surface area contributed by atoms with Gasteiger partial charge in [-0.1, -0.05) is 6.07 Å². The van der Waals surface area contributed by atoms with Crippen molar-refractivity contribution < 1.29 is 14.2 Å². The van der Waals surface area contributed by atoms with E-state index in [-0.39, 0.29) is 11.7 Å². The standard InChI is InChI=1S/C18H22N4O3/c1-23-17-8-16(20-13-21-17)22-11-18(12-22)9-15(5-7-25-18)24-10-14-4-2-3-6-19-14/h2-4,6,8,13,15H,5,7,9-12H2,1H3/t15-/m0/s1. The molecule has 4 rings (SSSR count). The highest BCUT2D eigenvalue weighted by molar-refractivity contribution is 5.45. The minimum Gasteiger partial charge on any atom is -0.481 e. The summed E-state index contributed by atoms with van der Waals surface area (Å²) in [4.78, 5) is 14.9. The Morgan fingerprint density at radius 1 is 1.28 bits per heavy atom. The van der Waals surface area contributed by atoms with Crippen LogP contribution in [0.1, 0.15) is 18.5 Å². The van der Waals surface area contributed by atoms with Gasteiger partial charge >= 0.3 is 0 Å². The maximum atomic E-state index is 6.08. The summed E-state index contributed by atoms with van der Waals surface area (Å²) in [5.74, 6) is 1.45. The minimum absolute atomic E-state index is 0.134. The molecule has 7 heteroatoms. The lowest BCUT2D eigenvalue weighted by Crippen LogP contribution is -2.66. The second kappa shape index (κ2) is 6.93. The highest BCUT2D eigenvalue weighted by atomic mass is 16.5. The van der Waals surface area contributed by atoms with Crippen molar-refractivity contribution >= 4 is 5.82 Å². The number of anilines is 1. The van der Waals surface area contributed by atoms with Crippen LogP contribution in [0, 0.1) is 0 Å². The van der Waals surface area contributed by atoms with Crippen molar-refractivity contribution in [3.63, 3.8) is 0 Å². The Morgan fingerprint density at radius 3 is 3.00 bits per heavy atom. The summed E-state index contributed by atoms with van der Waals surface area (Å²) in [5, 5.41) is 0. The average Bonchev–Trinajstić information content (AvgIpc) is 2.65. The quantitative estimate of drug-likeness (QED) is 0.821. The van der Waals surface area contributed by atoms with Crippen molar-refractivity contribution in [1.82, 2.24) is 15.0 Å². The van der Waals surface area contributed by atoms with Crippen LogP contribution in [-0.2, 0) is 16.1 Å². The zero-order valence-corrected chi connectivity index (χ0v) is 14.3. The lowest BCUT2D eigenvalue weighted by molar-refractivity contribution is -0.148. The Kier molecular flexibility index (Phi) is 4.50. The van der Waals surface area contributed by atoms with Gasteiger partial charge in [-0.25, -0.2) is 9.97 Å². The van der Waals surface area contributed by atoms with E-state index in [1.54, 1.807) is 13.3 Å². The first kappa shape index (κ1) is 16.2. The predicted octanol–water partition coefficient (Wildman–Crippen LogP) is 1.83. The first-order valence-corrected chi connectivity index (χ1v) is 8.53. The summed E-state index contributed by atoms with van der Waals surface area (Å²) >= 11 is 0. The number of aromatic nitrogens is 3. The van der Waals surface area contributed by atoms with E-state index in [4.69, 9.17) is 14.2 Å². The van der Waals surface area contributed by atoms with Gasteiger partial charge in [-0.05, 0) is 18.6 Å². The second-order valence-electron chi connectivity index (χ2n) is 6.55. The molecule has 0 aromatic carbocycles. The Bertz CT molecular complexity index is 706. The van der Waals surface area contributed by atoms with E-state index < -0.39 is 0 Å². The molecule has 0 unspecified atom stereocenters. The molecule has 2 aromatic heterocycles. The number of ether oxygens (including phenoxy) is 3. The maximum Gasteiger partial charge on any atom is 0.218 e. The molecule has 0 aliphatic carbocycles. The highest BCUT2D eigenvalue weighted by Gasteiger charge is 2.48. The Hall–Kier alpha value is -2.25. The third kappa shape index (κ3) is 3.57. The number of nitrogens with zero attached hydrogens (tertiary/aromatic N) is 4. The molecule has 1 atom stereocenters. The second-order valence-corrected chi connectivity index (χ2v) is 6.55. The highest BCUT2D eigenvalue weighted by Crippen LogP contribution is 2.37. The number of rotatable bonds is 5. The van der Waals surface area contributed by atoms with Crippen LogP contribution in [-0.4, -0.2) is 53.5 Å². The Labute approximate surface area is 147 Å². The molecule has 2 aliphatic heterocycles. The topological polar surface area (TPSA) is 69.6 Å². The third-order valence-electron chi connectivity index (χ3n) is 4.76. The molecule has 0 saturated carbocycles. The van der Waals surface area contributed by atoms with E-state index in [0.29, 0.717) is 12.5 Å². The number of pyridine rings is 1. The van der Waals surface area contributed by atoms with Gasteiger partial charge in [0.2, 0.25) is 5.88 Å². The Morgan fingerprint density at radius 2 is 2.20 bits per heavy atom. The predicted molar refractivity (Wildman–Crippen MR) is 91.5 cm³/mol. The van der Waals surface area contributed by atoms with Gasteiger partial charge in [0.25, 0.3) is 0 Å². The van der Waals surface area contributed by atoms with Crippen LogP contribution in [0.5, 0.6) is 5.88 Å². The van der Waals surface area contributed by atoms with Gasteiger partial charge in [0.15, 0.2) is 0 Å². The molecule has 25 heavy (non-hydrogen) atoms. The van der Waals surface area contributed by atoms with Crippen LogP contribution in [0.15, 0.2) is 36.8 Å². The van der Waals surface area contributed by atoms with E-state index in [1.807, 2.05) is 24.3 Å². The fourth-order valence-corrected chi connectivity index (χ4v) is 3.46. The van der Waals surface area contributed by atoms with Crippen molar-refractivity contribution in [2.24, 2.45) is 0 Å². The summed E-state index contributed by atoms with van der Waals surface area (Å²) in [7, 11) is 1.61. The van der Waals surface area contributed by atoms with E-state index in [1.165, 1.54) is 6.33 Å². The van der Waals surface area contributed by atoms with Crippen LogP contribution >= 0.6 is 0 Å². The summed E-state index contributed by atoms with van der Waals surface area (Å²) < 4.78 is 17.3. The van der Waals surface area contributed by atoms with E-state index in [2.05, 4.69) is 19.9 Å². The molecule has 7 nitrogen and oxygen atoms in total. The summed E-state index contributed by atoms with van der Waals surface area (Å²) in [6.45, 7) is 2.91. The largest absolute Gasteiger partial charge is 0.481 e. The van der Waals surface area contributed by atoms with Crippen molar-refractivity contribution in [3.05, 3.63) is 42.5 Å². The smallest absolute Gasteiger partial charge is 0.218 e. The van der Waals surface area contributed by atoms with Gasteiger partial charge in [0.1, 0.15) is 17.7 Å². The van der Waals surface area contributed by atoms with Gasteiger partial charge in [0, 0.05) is 25.3 Å². The maximum absolute atomic E-state index is 6.08. The van der Waals surface area contributed by atoms with Crippen LogP contribution in [0.2, 0.25) is 0 Å². The lowest BCUT2D eigenvalue weighted by Gasteiger charge is -2.53. The summed E-state index contributed by atoms with van der Waals surface area (Å²) in [5.41, 5.74) is 0.831. The number of hydrogen-bond donors (Lipinski definition) is 0. The molecule has 2 fully saturated rings. The molecular formula is C18H22N4O3. The third-order valence-corrected chi connectivity index (χ3v) is 4.76. The molecule has 0 N–H and O–H groups in total. The zero-order valence-electron chi connectivity index (χ0n) is 14.3. The van der Waals surface area contributed by atoms with Crippen molar-refractivity contribution in [1.29, 1.82) is 0 Å². The number of methoxy groups -OCH3 is 1. The minimum atomic E-state index is -0.134. The molecule has 2 saturated heterocycles. The van der Waals surface area contributed by atoms with E-state index >= 15 is 0 Å². The van der Waals surface area contributed by atoms with Crippen molar-refractivity contribution in [2.75, 3.05) is 31.7 Å². The van der Waals surface area contributed by atoms with E-state index in [9.17, 15) is 0 Å². The SMILES string of the molecule is COc1cc(N2CC3(C[C@@H](OCc4ccccn4)CCO3)C2)ncn1.